The van der Waals surface area contributed by atoms with Gasteiger partial charge in [0.05, 0.1) is 5.71 Å². The molecule has 1 amide bonds. The number of nitrogens with zero attached hydrogens (tertiary/aromatic N) is 2. The predicted molar refractivity (Wildman–Crippen MR) is 106 cm³/mol. The van der Waals surface area contributed by atoms with Gasteiger partial charge < -0.3 is 4.42 Å². The standard InChI is InChI=1S/C21H15ClN2O4/c22-15-7-6-14-10-16(21(27)28-19(14)11-15)18(25)12-24-20(26)9-8-17(23-24)13-4-2-1-3-5-13/h1-7,10-11H,8-9,12H2. The molecule has 0 saturated heterocycles. The molecular formula is C21H15ClN2O4. The zero-order valence-corrected chi connectivity index (χ0v) is 15.5. The van der Waals surface area contributed by atoms with E-state index in [2.05, 4.69) is 5.10 Å². The molecule has 140 valence electrons. The van der Waals surface area contributed by atoms with E-state index in [1.54, 1.807) is 12.1 Å². The Labute approximate surface area is 165 Å². The van der Waals surface area contributed by atoms with Gasteiger partial charge in [0.1, 0.15) is 17.7 Å². The highest BCUT2D eigenvalue weighted by atomic mass is 35.5. The second-order valence-corrected chi connectivity index (χ2v) is 6.85. The van der Waals surface area contributed by atoms with Crippen molar-refractivity contribution in [3.63, 3.8) is 0 Å². The van der Waals surface area contributed by atoms with E-state index in [0.717, 1.165) is 16.3 Å². The summed E-state index contributed by atoms with van der Waals surface area (Å²) in [5, 5.41) is 6.46. The molecule has 0 bridgehead atoms. The third kappa shape index (κ3) is 3.59. The minimum atomic E-state index is -0.767. The van der Waals surface area contributed by atoms with E-state index in [-0.39, 0.29) is 24.4 Å². The molecule has 0 saturated carbocycles. The van der Waals surface area contributed by atoms with E-state index in [4.69, 9.17) is 16.0 Å². The van der Waals surface area contributed by atoms with Gasteiger partial charge in [0.25, 0.3) is 0 Å². The number of ketones is 1. The predicted octanol–water partition coefficient (Wildman–Crippen LogP) is 3.66. The Kier molecular flexibility index (Phi) is 4.79. The number of hydrogen-bond donors (Lipinski definition) is 0. The van der Waals surface area contributed by atoms with Gasteiger partial charge in [0.15, 0.2) is 5.78 Å². The van der Waals surface area contributed by atoms with Crippen LogP contribution in [0.5, 0.6) is 0 Å². The molecule has 3 aromatic rings. The molecule has 0 N–H and O–H groups in total. The van der Waals surface area contributed by atoms with Crippen molar-refractivity contribution in [2.45, 2.75) is 12.8 Å². The van der Waals surface area contributed by atoms with Crippen molar-refractivity contribution >= 4 is 40.0 Å². The quantitative estimate of drug-likeness (QED) is 0.499. The Bertz CT molecular complexity index is 1170. The average Bonchev–Trinajstić information content (AvgIpc) is 2.69. The highest BCUT2D eigenvalue weighted by Gasteiger charge is 2.25. The first-order valence-corrected chi connectivity index (χ1v) is 9.09. The van der Waals surface area contributed by atoms with Crippen LogP contribution in [0.1, 0.15) is 28.8 Å². The van der Waals surface area contributed by atoms with E-state index >= 15 is 0 Å². The van der Waals surface area contributed by atoms with E-state index < -0.39 is 11.4 Å². The number of fused-ring (bicyclic) bond motifs is 1. The highest BCUT2D eigenvalue weighted by molar-refractivity contribution is 6.31. The fourth-order valence-corrected chi connectivity index (χ4v) is 3.22. The Morgan fingerprint density at radius 3 is 2.64 bits per heavy atom. The van der Waals surface area contributed by atoms with Gasteiger partial charge >= 0.3 is 5.63 Å². The Morgan fingerprint density at radius 1 is 1.07 bits per heavy atom. The van der Waals surface area contributed by atoms with Crippen LogP contribution in [0.15, 0.2) is 68.9 Å². The van der Waals surface area contributed by atoms with Gasteiger partial charge in [-0.15, -0.1) is 0 Å². The number of carbonyl (C=O) groups is 2. The maximum Gasteiger partial charge on any atom is 0.347 e. The van der Waals surface area contributed by atoms with Crippen molar-refractivity contribution in [1.82, 2.24) is 5.01 Å². The van der Waals surface area contributed by atoms with Gasteiger partial charge in [-0.2, -0.15) is 5.10 Å². The molecule has 0 fully saturated rings. The maximum absolute atomic E-state index is 12.7. The molecule has 0 atom stereocenters. The second kappa shape index (κ2) is 7.40. The largest absolute Gasteiger partial charge is 0.422 e. The van der Waals surface area contributed by atoms with Gasteiger partial charge in [-0.1, -0.05) is 41.9 Å². The van der Waals surface area contributed by atoms with Crippen LogP contribution in [0.3, 0.4) is 0 Å². The lowest BCUT2D eigenvalue weighted by Crippen LogP contribution is -2.37. The smallest absolute Gasteiger partial charge is 0.347 e. The van der Waals surface area contributed by atoms with Crippen molar-refractivity contribution in [3.05, 3.63) is 81.2 Å². The van der Waals surface area contributed by atoms with Crippen molar-refractivity contribution in [2.75, 3.05) is 6.54 Å². The summed E-state index contributed by atoms with van der Waals surface area (Å²) in [6.07, 6.45) is 0.762. The highest BCUT2D eigenvalue weighted by Crippen LogP contribution is 2.20. The van der Waals surface area contributed by atoms with Crippen LogP contribution in [0.25, 0.3) is 11.0 Å². The molecule has 2 heterocycles. The number of amides is 1. The second-order valence-electron chi connectivity index (χ2n) is 6.42. The molecule has 0 spiro atoms. The first-order valence-electron chi connectivity index (χ1n) is 8.71. The van der Waals surface area contributed by atoms with Crippen LogP contribution < -0.4 is 5.63 Å². The molecule has 7 heteroatoms. The first kappa shape index (κ1) is 18.1. The summed E-state index contributed by atoms with van der Waals surface area (Å²) >= 11 is 5.89. The molecule has 1 aliphatic heterocycles. The number of carbonyl (C=O) groups excluding carboxylic acids is 2. The van der Waals surface area contributed by atoms with Crippen molar-refractivity contribution < 1.29 is 14.0 Å². The Hall–Kier alpha value is -3.25. The number of hydrazone groups is 1. The number of Topliss-reactive ketones (excluding diaryl/α,β-unsaturated/α-hetero) is 1. The van der Waals surface area contributed by atoms with Crippen LogP contribution in [0, 0.1) is 0 Å². The van der Waals surface area contributed by atoms with Gasteiger partial charge in [-0.05, 0) is 23.8 Å². The summed E-state index contributed by atoms with van der Waals surface area (Å²) in [6.45, 7) is -0.320. The summed E-state index contributed by atoms with van der Waals surface area (Å²) in [5.74, 6) is -0.790. The molecule has 0 unspecified atom stereocenters. The van der Waals surface area contributed by atoms with E-state index in [0.29, 0.717) is 22.4 Å². The molecular weight excluding hydrogens is 380 g/mol. The topological polar surface area (TPSA) is 80.0 Å². The van der Waals surface area contributed by atoms with Crippen molar-refractivity contribution in [1.29, 1.82) is 0 Å². The molecule has 28 heavy (non-hydrogen) atoms. The van der Waals surface area contributed by atoms with Gasteiger partial charge in [-0.3, -0.25) is 9.59 Å². The minimum absolute atomic E-state index is 0.121. The van der Waals surface area contributed by atoms with Gasteiger partial charge in [0, 0.05) is 29.3 Å². The summed E-state index contributed by atoms with van der Waals surface area (Å²) < 4.78 is 5.20. The summed E-state index contributed by atoms with van der Waals surface area (Å²) in [5.41, 5.74) is 1.04. The van der Waals surface area contributed by atoms with E-state index in [1.807, 2.05) is 30.3 Å². The summed E-state index contributed by atoms with van der Waals surface area (Å²) in [7, 11) is 0. The Morgan fingerprint density at radius 2 is 1.86 bits per heavy atom. The lowest BCUT2D eigenvalue weighted by Gasteiger charge is -2.23. The summed E-state index contributed by atoms with van der Waals surface area (Å²) in [4.78, 5) is 37.1. The lowest BCUT2D eigenvalue weighted by atomic mass is 10.0. The normalized spacial score (nSPS) is 14.2. The monoisotopic (exact) mass is 394 g/mol. The van der Waals surface area contributed by atoms with Crippen LogP contribution in [-0.2, 0) is 4.79 Å². The third-order valence-corrected chi connectivity index (χ3v) is 4.74. The third-order valence-electron chi connectivity index (χ3n) is 4.50. The molecule has 0 radical (unpaired) electrons. The van der Waals surface area contributed by atoms with Crippen LogP contribution >= 0.6 is 11.6 Å². The zero-order valence-electron chi connectivity index (χ0n) is 14.7. The van der Waals surface area contributed by atoms with Gasteiger partial charge in [0.2, 0.25) is 5.91 Å². The molecule has 2 aromatic carbocycles. The van der Waals surface area contributed by atoms with Crippen LogP contribution in [0.4, 0.5) is 0 Å². The fourth-order valence-electron chi connectivity index (χ4n) is 3.06. The Balaban J connectivity index is 1.63. The molecule has 4 rings (SSSR count). The molecule has 1 aromatic heterocycles. The number of rotatable bonds is 4. The van der Waals surface area contributed by atoms with Crippen molar-refractivity contribution in [2.24, 2.45) is 5.10 Å². The number of benzene rings is 2. The molecule has 0 aliphatic carbocycles. The molecule has 6 nitrogen and oxygen atoms in total. The van der Waals surface area contributed by atoms with Crippen molar-refractivity contribution in [3.8, 4) is 0 Å². The van der Waals surface area contributed by atoms with E-state index in [9.17, 15) is 14.4 Å². The first-order chi connectivity index (χ1) is 13.5. The average molecular weight is 395 g/mol. The van der Waals surface area contributed by atoms with Crippen LogP contribution in [0.2, 0.25) is 5.02 Å². The lowest BCUT2D eigenvalue weighted by molar-refractivity contribution is -0.131. The summed E-state index contributed by atoms with van der Waals surface area (Å²) in [6, 6.07) is 15.7. The fraction of sp³-hybridized carbons (Fsp3) is 0.143. The van der Waals surface area contributed by atoms with Gasteiger partial charge in [-0.25, -0.2) is 9.80 Å². The maximum atomic E-state index is 12.7. The minimum Gasteiger partial charge on any atom is -0.422 e. The molecule has 1 aliphatic rings. The van der Waals surface area contributed by atoms with Crippen LogP contribution in [-0.4, -0.2) is 29.0 Å². The SMILES string of the molecule is O=C(CN1N=C(c2ccccc2)CCC1=O)c1cc2ccc(Cl)cc2oc1=O. The van der Waals surface area contributed by atoms with E-state index in [1.165, 1.54) is 12.1 Å². The zero-order chi connectivity index (χ0) is 19.7. The number of hydrogen-bond acceptors (Lipinski definition) is 5. The number of halogens is 1.